The number of nitrogens with zero attached hydrogens (tertiary/aromatic N) is 4. The number of hydrogen-bond acceptors (Lipinski definition) is 6. The lowest BCUT2D eigenvalue weighted by atomic mass is 10.1. The molecule has 0 aromatic heterocycles. The molecule has 192 valence electrons. The molecule has 2 saturated heterocycles. The van der Waals surface area contributed by atoms with Gasteiger partial charge in [-0.3, -0.25) is 19.4 Å². The molecule has 2 amide bonds. The topological polar surface area (TPSA) is 68.4 Å². The number of benzene rings is 2. The number of carbonyl (C=O) groups excluding carboxylic acids is 2. The van der Waals surface area contributed by atoms with Crippen molar-refractivity contribution in [3.8, 4) is 5.75 Å². The summed E-state index contributed by atoms with van der Waals surface area (Å²) in [7, 11) is 2.11. The Kier molecular flexibility index (Phi) is 8.50. The van der Waals surface area contributed by atoms with Crippen molar-refractivity contribution in [1.82, 2.24) is 14.7 Å². The van der Waals surface area contributed by atoms with E-state index in [4.69, 9.17) is 17.0 Å². The second-order valence-corrected chi connectivity index (χ2v) is 9.36. The zero-order chi connectivity index (χ0) is 25.7. The van der Waals surface area contributed by atoms with Crippen LogP contribution in [-0.2, 0) is 9.59 Å². The molecule has 2 aromatic rings. The maximum atomic E-state index is 13.6. The molecule has 1 atom stereocenters. The first-order valence-electron chi connectivity index (χ1n) is 12.2. The SMILES string of the molecule is CCOc1ccc(N2C(=O)C(CC(=O)Nc3ccc(F)cc3)N(CCN3CCN(C)CC3)C2=S)cc1. The van der Waals surface area contributed by atoms with E-state index in [1.165, 1.54) is 29.2 Å². The van der Waals surface area contributed by atoms with E-state index >= 15 is 0 Å². The van der Waals surface area contributed by atoms with Crippen LogP contribution >= 0.6 is 12.2 Å². The van der Waals surface area contributed by atoms with Crippen molar-refractivity contribution in [3.63, 3.8) is 0 Å². The molecule has 4 rings (SSSR count). The van der Waals surface area contributed by atoms with Crippen LogP contribution in [0.4, 0.5) is 15.8 Å². The Bertz CT molecular complexity index is 1070. The van der Waals surface area contributed by atoms with Crippen molar-refractivity contribution in [1.29, 1.82) is 0 Å². The number of anilines is 2. The Labute approximate surface area is 216 Å². The second-order valence-electron chi connectivity index (χ2n) is 9.00. The minimum atomic E-state index is -0.725. The van der Waals surface area contributed by atoms with Gasteiger partial charge in [-0.2, -0.15) is 0 Å². The zero-order valence-corrected chi connectivity index (χ0v) is 21.5. The van der Waals surface area contributed by atoms with E-state index in [1.807, 2.05) is 11.8 Å². The van der Waals surface area contributed by atoms with Gasteiger partial charge >= 0.3 is 0 Å². The van der Waals surface area contributed by atoms with Crippen molar-refractivity contribution in [2.45, 2.75) is 19.4 Å². The van der Waals surface area contributed by atoms with E-state index in [0.717, 1.165) is 32.7 Å². The van der Waals surface area contributed by atoms with Gasteiger partial charge in [0.05, 0.1) is 18.7 Å². The molecular formula is C26H32FN5O3S. The predicted molar refractivity (Wildman–Crippen MR) is 142 cm³/mol. The molecule has 8 nitrogen and oxygen atoms in total. The first-order valence-corrected chi connectivity index (χ1v) is 12.6. The summed E-state index contributed by atoms with van der Waals surface area (Å²) in [5.74, 6) is -0.246. The van der Waals surface area contributed by atoms with Gasteiger partial charge in [0.25, 0.3) is 5.91 Å². The normalized spacial score (nSPS) is 19.1. The Balaban J connectivity index is 1.50. The number of halogens is 1. The molecule has 2 aromatic carbocycles. The van der Waals surface area contributed by atoms with Crippen molar-refractivity contribution in [3.05, 3.63) is 54.3 Å². The molecule has 2 fully saturated rings. The third-order valence-electron chi connectivity index (χ3n) is 6.48. The van der Waals surface area contributed by atoms with Crippen LogP contribution in [0.25, 0.3) is 0 Å². The highest BCUT2D eigenvalue weighted by atomic mass is 32.1. The summed E-state index contributed by atoms with van der Waals surface area (Å²) in [6.45, 7) is 7.62. The highest BCUT2D eigenvalue weighted by molar-refractivity contribution is 7.80. The molecule has 0 bridgehead atoms. The predicted octanol–water partition coefficient (Wildman–Crippen LogP) is 2.80. The molecule has 10 heteroatoms. The Hall–Kier alpha value is -3.08. The van der Waals surface area contributed by atoms with E-state index in [2.05, 4.69) is 22.2 Å². The van der Waals surface area contributed by atoms with E-state index in [0.29, 0.717) is 35.4 Å². The molecule has 36 heavy (non-hydrogen) atoms. The first kappa shape index (κ1) is 26.0. The lowest BCUT2D eigenvalue weighted by molar-refractivity contribution is -0.124. The van der Waals surface area contributed by atoms with Gasteiger partial charge in [0.2, 0.25) is 5.91 Å². The van der Waals surface area contributed by atoms with Crippen molar-refractivity contribution in [2.75, 3.05) is 63.1 Å². The molecule has 1 unspecified atom stereocenters. The lowest BCUT2D eigenvalue weighted by Gasteiger charge is -2.34. The standard InChI is InChI=1S/C26H32FN5O3S/c1-3-35-22-10-8-21(9-11-22)32-25(34)23(18-24(33)28-20-6-4-19(27)5-7-20)31(26(32)36)17-16-30-14-12-29(2)13-15-30/h4-11,23H,3,12-18H2,1-2H3,(H,28,33). The summed E-state index contributed by atoms with van der Waals surface area (Å²) in [6.07, 6.45) is -0.0629. The van der Waals surface area contributed by atoms with Crippen LogP contribution in [0, 0.1) is 5.82 Å². The molecule has 0 spiro atoms. The Morgan fingerprint density at radius 1 is 1.06 bits per heavy atom. The summed E-state index contributed by atoms with van der Waals surface area (Å²) in [5.41, 5.74) is 1.11. The molecule has 0 saturated carbocycles. The maximum Gasteiger partial charge on any atom is 0.256 e. The molecule has 2 heterocycles. The van der Waals surface area contributed by atoms with Crippen LogP contribution in [0.5, 0.6) is 5.75 Å². The number of ether oxygens (including phenoxy) is 1. The number of hydrogen-bond donors (Lipinski definition) is 1. The van der Waals surface area contributed by atoms with Crippen LogP contribution in [0.1, 0.15) is 13.3 Å². The van der Waals surface area contributed by atoms with E-state index in [-0.39, 0.29) is 24.1 Å². The summed E-state index contributed by atoms with van der Waals surface area (Å²) < 4.78 is 18.7. The number of piperazine rings is 1. The third-order valence-corrected chi connectivity index (χ3v) is 6.90. The van der Waals surface area contributed by atoms with Crippen molar-refractivity contribution < 1.29 is 18.7 Å². The van der Waals surface area contributed by atoms with Gasteiger partial charge in [0, 0.05) is 45.0 Å². The quantitative estimate of drug-likeness (QED) is 0.517. The van der Waals surface area contributed by atoms with Crippen LogP contribution in [-0.4, -0.2) is 90.6 Å². The highest BCUT2D eigenvalue weighted by Crippen LogP contribution is 2.29. The van der Waals surface area contributed by atoms with Gasteiger partial charge < -0.3 is 19.9 Å². The summed E-state index contributed by atoms with van der Waals surface area (Å²) in [6, 6.07) is 12.0. The van der Waals surface area contributed by atoms with Gasteiger partial charge in [0.15, 0.2) is 5.11 Å². The van der Waals surface area contributed by atoms with E-state index in [9.17, 15) is 14.0 Å². The summed E-state index contributed by atoms with van der Waals surface area (Å²) in [4.78, 5) is 34.5. The van der Waals surface area contributed by atoms with Crippen LogP contribution in [0.15, 0.2) is 48.5 Å². The number of rotatable bonds is 9. The van der Waals surface area contributed by atoms with Gasteiger partial charge in [-0.15, -0.1) is 0 Å². The fraction of sp³-hybridized carbons (Fsp3) is 0.423. The minimum absolute atomic E-state index is 0.0629. The molecule has 0 radical (unpaired) electrons. The van der Waals surface area contributed by atoms with E-state index in [1.54, 1.807) is 24.3 Å². The smallest absolute Gasteiger partial charge is 0.256 e. The van der Waals surface area contributed by atoms with Crippen molar-refractivity contribution in [2.24, 2.45) is 0 Å². The molecular weight excluding hydrogens is 481 g/mol. The van der Waals surface area contributed by atoms with E-state index < -0.39 is 6.04 Å². The summed E-state index contributed by atoms with van der Waals surface area (Å²) >= 11 is 5.76. The molecule has 2 aliphatic rings. The molecule has 2 aliphatic heterocycles. The first-order chi connectivity index (χ1) is 17.4. The fourth-order valence-corrected chi connectivity index (χ4v) is 4.84. The van der Waals surface area contributed by atoms with Gasteiger partial charge in [-0.1, -0.05) is 0 Å². The maximum absolute atomic E-state index is 13.6. The zero-order valence-electron chi connectivity index (χ0n) is 20.7. The monoisotopic (exact) mass is 513 g/mol. The minimum Gasteiger partial charge on any atom is -0.494 e. The Morgan fingerprint density at radius 2 is 1.72 bits per heavy atom. The average molecular weight is 514 g/mol. The number of likely N-dealkylation sites (N-methyl/N-ethyl adjacent to an activating group) is 1. The van der Waals surface area contributed by atoms with Gasteiger partial charge in [-0.05, 0) is 74.7 Å². The number of thiocarbonyl (C=S) groups is 1. The van der Waals surface area contributed by atoms with Crippen LogP contribution < -0.4 is 15.0 Å². The highest BCUT2D eigenvalue weighted by Gasteiger charge is 2.44. The lowest BCUT2D eigenvalue weighted by Crippen LogP contribution is -2.48. The molecule has 1 N–H and O–H groups in total. The summed E-state index contributed by atoms with van der Waals surface area (Å²) in [5, 5.41) is 3.15. The largest absolute Gasteiger partial charge is 0.494 e. The number of amides is 2. The van der Waals surface area contributed by atoms with Gasteiger partial charge in [0.1, 0.15) is 17.6 Å². The average Bonchev–Trinajstić information content (AvgIpc) is 3.09. The fourth-order valence-electron chi connectivity index (χ4n) is 4.42. The Morgan fingerprint density at radius 3 is 2.36 bits per heavy atom. The number of carbonyl (C=O) groups is 2. The third kappa shape index (κ3) is 6.18. The molecule has 0 aliphatic carbocycles. The second kappa shape index (κ2) is 11.8. The van der Waals surface area contributed by atoms with Gasteiger partial charge in [-0.25, -0.2) is 4.39 Å². The van der Waals surface area contributed by atoms with Crippen LogP contribution in [0.2, 0.25) is 0 Å². The van der Waals surface area contributed by atoms with Crippen molar-refractivity contribution >= 4 is 40.5 Å². The van der Waals surface area contributed by atoms with Crippen LogP contribution in [0.3, 0.4) is 0 Å². The number of nitrogens with one attached hydrogen (secondary N) is 1.